The van der Waals surface area contributed by atoms with Gasteiger partial charge in [0.05, 0.1) is 0 Å². The summed E-state index contributed by atoms with van der Waals surface area (Å²) in [6, 6.07) is 9.80. The average Bonchev–Trinajstić information content (AvgIpc) is 2.47. The molecule has 5 nitrogen and oxygen atoms in total. The third-order valence-corrected chi connectivity index (χ3v) is 4.74. The van der Waals surface area contributed by atoms with Crippen molar-refractivity contribution in [1.82, 2.24) is 9.71 Å². The summed E-state index contributed by atoms with van der Waals surface area (Å²) in [6.07, 6.45) is 1.32. The van der Waals surface area contributed by atoms with Gasteiger partial charge in [0.1, 0.15) is 10.7 Å². The van der Waals surface area contributed by atoms with Crippen molar-refractivity contribution in [1.29, 1.82) is 0 Å². The van der Waals surface area contributed by atoms with Crippen LogP contribution in [0.15, 0.2) is 47.5 Å². The number of rotatable bonds is 5. The Morgan fingerprint density at radius 1 is 1.24 bits per heavy atom. The first kappa shape index (κ1) is 15.8. The first-order valence-electron chi connectivity index (χ1n) is 6.34. The molecule has 1 unspecified atom stereocenters. The zero-order valence-corrected chi connectivity index (χ0v) is 13.2. The van der Waals surface area contributed by atoms with Gasteiger partial charge in [-0.2, -0.15) is 0 Å². The zero-order valence-electron chi connectivity index (χ0n) is 11.7. The number of halogens is 1. The summed E-state index contributed by atoms with van der Waals surface area (Å²) in [5, 5.41) is 3.41. The van der Waals surface area contributed by atoms with Gasteiger partial charge in [-0.1, -0.05) is 23.7 Å². The lowest BCUT2D eigenvalue weighted by atomic mass is 10.1. The van der Waals surface area contributed by atoms with Crippen molar-refractivity contribution >= 4 is 27.4 Å². The Morgan fingerprint density at radius 2 is 2.00 bits per heavy atom. The minimum atomic E-state index is -3.63. The summed E-state index contributed by atoms with van der Waals surface area (Å²) in [5.74, 6) is 0.608. The number of nitrogens with zero attached hydrogens (tertiary/aromatic N) is 1. The fraction of sp³-hybridized carbons (Fsp3) is 0.214. The lowest BCUT2D eigenvalue weighted by molar-refractivity contribution is 0.566. The maximum absolute atomic E-state index is 12.3. The van der Waals surface area contributed by atoms with Gasteiger partial charge in [-0.3, -0.25) is 0 Å². The van der Waals surface area contributed by atoms with Crippen molar-refractivity contribution in [3.05, 3.63) is 53.2 Å². The van der Waals surface area contributed by atoms with Gasteiger partial charge in [0.15, 0.2) is 0 Å². The Hall–Kier alpha value is -1.63. The monoisotopic (exact) mass is 325 g/mol. The van der Waals surface area contributed by atoms with Crippen LogP contribution in [0.5, 0.6) is 0 Å². The van der Waals surface area contributed by atoms with Gasteiger partial charge in [0.25, 0.3) is 0 Å². The molecule has 1 aromatic carbocycles. The Bertz CT molecular complexity index is 717. The van der Waals surface area contributed by atoms with Crippen LogP contribution in [0.1, 0.15) is 18.5 Å². The van der Waals surface area contributed by atoms with E-state index in [2.05, 4.69) is 15.0 Å². The third-order valence-electron chi connectivity index (χ3n) is 2.98. The number of pyridine rings is 1. The first-order valence-corrected chi connectivity index (χ1v) is 8.20. The Balaban J connectivity index is 2.20. The van der Waals surface area contributed by atoms with Gasteiger partial charge >= 0.3 is 0 Å². The number of sulfonamides is 1. The Labute approximate surface area is 129 Å². The minimum Gasteiger partial charge on any atom is -0.373 e. The minimum absolute atomic E-state index is 0.121. The van der Waals surface area contributed by atoms with Crippen LogP contribution in [-0.4, -0.2) is 20.4 Å². The molecule has 0 saturated heterocycles. The molecule has 0 fully saturated rings. The molecule has 2 N–H and O–H groups in total. The maximum atomic E-state index is 12.3. The lowest BCUT2D eigenvalue weighted by Crippen LogP contribution is -2.27. The van der Waals surface area contributed by atoms with Crippen LogP contribution in [0.2, 0.25) is 5.02 Å². The molecular weight excluding hydrogens is 310 g/mol. The molecule has 112 valence electrons. The molecule has 0 bridgehead atoms. The standard InChI is InChI=1S/C14H16ClN3O2S/c1-10(11-4-3-5-12(15)8-11)18-21(19,20)13-6-7-14(16-2)17-9-13/h3-10,18H,1-2H3,(H,16,17). The van der Waals surface area contributed by atoms with Gasteiger partial charge in [-0.25, -0.2) is 18.1 Å². The van der Waals surface area contributed by atoms with Crippen LogP contribution in [0.25, 0.3) is 0 Å². The molecule has 0 aliphatic heterocycles. The molecule has 0 spiro atoms. The molecule has 1 heterocycles. The molecule has 1 aromatic heterocycles. The van der Waals surface area contributed by atoms with Crippen LogP contribution < -0.4 is 10.0 Å². The predicted octanol–water partition coefficient (Wildman–Crippen LogP) is 2.82. The average molecular weight is 326 g/mol. The van der Waals surface area contributed by atoms with E-state index in [1.807, 2.05) is 6.07 Å². The molecule has 0 aliphatic carbocycles. The van der Waals surface area contributed by atoms with E-state index in [0.29, 0.717) is 10.8 Å². The number of anilines is 1. The molecule has 2 aromatic rings. The van der Waals surface area contributed by atoms with Gasteiger partial charge in [-0.15, -0.1) is 0 Å². The van der Waals surface area contributed by atoms with Gasteiger partial charge in [0.2, 0.25) is 10.0 Å². The third kappa shape index (κ3) is 3.93. The van der Waals surface area contributed by atoms with Crippen molar-refractivity contribution in [3.8, 4) is 0 Å². The van der Waals surface area contributed by atoms with E-state index in [1.165, 1.54) is 12.3 Å². The SMILES string of the molecule is CNc1ccc(S(=O)(=O)NC(C)c2cccc(Cl)c2)cn1. The maximum Gasteiger partial charge on any atom is 0.242 e. The van der Waals surface area contributed by atoms with Crippen LogP contribution in [0.3, 0.4) is 0 Å². The number of hydrogen-bond acceptors (Lipinski definition) is 4. The second kappa shape index (κ2) is 6.43. The van der Waals surface area contributed by atoms with Gasteiger partial charge in [0, 0.05) is 24.3 Å². The van der Waals surface area contributed by atoms with Crippen LogP contribution in [0.4, 0.5) is 5.82 Å². The summed E-state index contributed by atoms with van der Waals surface area (Å²) < 4.78 is 27.2. The number of aromatic nitrogens is 1. The Kier molecular flexibility index (Phi) is 4.82. The highest BCUT2D eigenvalue weighted by atomic mass is 35.5. The van der Waals surface area contributed by atoms with Crippen molar-refractivity contribution in [2.75, 3.05) is 12.4 Å². The van der Waals surface area contributed by atoms with Crippen molar-refractivity contribution < 1.29 is 8.42 Å². The van der Waals surface area contributed by atoms with Crippen molar-refractivity contribution in [3.63, 3.8) is 0 Å². The largest absolute Gasteiger partial charge is 0.373 e. The van der Waals surface area contributed by atoms with E-state index >= 15 is 0 Å². The van der Waals surface area contributed by atoms with Gasteiger partial charge < -0.3 is 5.32 Å². The number of hydrogen-bond donors (Lipinski definition) is 2. The van der Waals surface area contributed by atoms with Crippen LogP contribution in [-0.2, 0) is 10.0 Å². The fourth-order valence-corrected chi connectivity index (χ4v) is 3.21. The summed E-state index contributed by atoms with van der Waals surface area (Å²) in [7, 11) is -1.91. The van der Waals surface area contributed by atoms with Crippen LogP contribution in [0, 0.1) is 0 Å². The van der Waals surface area contributed by atoms with Gasteiger partial charge in [-0.05, 0) is 36.8 Å². The lowest BCUT2D eigenvalue weighted by Gasteiger charge is -2.15. The highest BCUT2D eigenvalue weighted by molar-refractivity contribution is 7.89. The number of nitrogens with one attached hydrogen (secondary N) is 2. The quantitative estimate of drug-likeness (QED) is 0.886. The summed E-state index contributed by atoms with van der Waals surface area (Å²) in [4.78, 5) is 4.13. The molecule has 0 saturated carbocycles. The molecule has 0 amide bonds. The topological polar surface area (TPSA) is 71.1 Å². The van der Waals surface area contributed by atoms with Crippen molar-refractivity contribution in [2.24, 2.45) is 0 Å². The molecular formula is C14H16ClN3O2S. The molecule has 7 heteroatoms. The van der Waals surface area contributed by atoms with E-state index in [9.17, 15) is 8.42 Å². The van der Waals surface area contributed by atoms with E-state index in [4.69, 9.17) is 11.6 Å². The van der Waals surface area contributed by atoms with E-state index < -0.39 is 16.1 Å². The molecule has 2 rings (SSSR count). The number of benzene rings is 1. The van der Waals surface area contributed by atoms with E-state index in [-0.39, 0.29) is 4.90 Å². The predicted molar refractivity (Wildman–Crippen MR) is 84.0 cm³/mol. The van der Waals surface area contributed by atoms with Crippen molar-refractivity contribution in [2.45, 2.75) is 17.9 Å². The summed E-state index contributed by atoms with van der Waals surface area (Å²) in [6.45, 7) is 1.76. The summed E-state index contributed by atoms with van der Waals surface area (Å²) in [5.41, 5.74) is 0.797. The molecule has 21 heavy (non-hydrogen) atoms. The highest BCUT2D eigenvalue weighted by Crippen LogP contribution is 2.20. The molecule has 0 radical (unpaired) electrons. The molecule has 0 aliphatic rings. The summed E-state index contributed by atoms with van der Waals surface area (Å²) >= 11 is 5.92. The highest BCUT2D eigenvalue weighted by Gasteiger charge is 2.18. The smallest absolute Gasteiger partial charge is 0.242 e. The van der Waals surface area contributed by atoms with E-state index in [0.717, 1.165) is 5.56 Å². The zero-order chi connectivity index (χ0) is 15.5. The second-order valence-electron chi connectivity index (χ2n) is 4.53. The van der Waals surface area contributed by atoms with E-state index in [1.54, 1.807) is 38.2 Å². The first-order chi connectivity index (χ1) is 9.92. The van der Waals surface area contributed by atoms with Crippen LogP contribution >= 0.6 is 11.6 Å². The molecule has 1 atom stereocenters. The second-order valence-corrected chi connectivity index (χ2v) is 6.68. The fourth-order valence-electron chi connectivity index (χ4n) is 1.83. The normalized spacial score (nSPS) is 12.9. The Morgan fingerprint density at radius 3 is 2.57 bits per heavy atom.